The maximum atomic E-state index is 5.07. The highest BCUT2D eigenvalue weighted by atomic mass is 15.0. The van der Waals surface area contributed by atoms with Crippen LogP contribution in [0.2, 0.25) is 0 Å². The van der Waals surface area contributed by atoms with E-state index >= 15 is 0 Å². The van der Waals surface area contributed by atoms with Crippen molar-refractivity contribution in [1.29, 1.82) is 0 Å². The molecule has 0 amide bonds. The van der Waals surface area contributed by atoms with Gasteiger partial charge in [0, 0.05) is 16.7 Å². The van der Waals surface area contributed by atoms with Gasteiger partial charge in [-0.1, -0.05) is 206 Å². The SMILES string of the molecule is c1ccc(-c2nc(-c3ccccc3)nc(-c3cccc(-c4ccc5ccccc5c4-c4ccc(-c5ccc6c7c(cccc57)-c5ccccc5-6)c5ccccc45)c3)n2)cc1. The van der Waals surface area contributed by atoms with Crippen LogP contribution in [0.15, 0.2) is 212 Å². The minimum Gasteiger partial charge on any atom is -0.208 e. The summed E-state index contributed by atoms with van der Waals surface area (Å²) in [6, 6.07) is 76.0. The van der Waals surface area contributed by atoms with Gasteiger partial charge in [0.05, 0.1) is 0 Å². The maximum Gasteiger partial charge on any atom is 0.164 e. The monoisotopic (exact) mass is 761 g/mol. The molecule has 0 bridgehead atoms. The number of hydrogen-bond acceptors (Lipinski definition) is 3. The second-order valence-corrected chi connectivity index (χ2v) is 15.5. The van der Waals surface area contributed by atoms with Gasteiger partial charge in [-0.05, 0) is 94.0 Å². The van der Waals surface area contributed by atoms with Gasteiger partial charge in [0.25, 0.3) is 0 Å². The third kappa shape index (κ3) is 5.48. The number of hydrogen-bond donors (Lipinski definition) is 0. The highest BCUT2D eigenvalue weighted by molar-refractivity contribution is 6.21. The second kappa shape index (κ2) is 13.8. The molecule has 0 unspecified atom stereocenters. The molecule has 12 rings (SSSR count). The lowest BCUT2D eigenvalue weighted by Gasteiger charge is -2.19. The minimum atomic E-state index is 0.634. The summed E-state index contributed by atoms with van der Waals surface area (Å²) in [6.07, 6.45) is 0. The van der Waals surface area contributed by atoms with Gasteiger partial charge < -0.3 is 0 Å². The Morgan fingerprint density at radius 1 is 0.233 bits per heavy atom. The van der Waals surface area contributed by atoms with E-state index in [4.69, 9.17) is 15.0 Å². The fraction of sp³-hybridized carbons (Fsp3) is 0. The molecule has 3 heteroatoms. The van der Waals surface area contributed by atoms with Crippen LogP contribution in [0.4, 0.5) is 0 Å². The van der Waals surface area contributed by atoms with Gasteiger partial charge in [0.1, 0.15) is 0 Å². The van der Waals surface area contributed by atoms with Gasteiger partial charge in [-0.15, -0.1) is 0 Å². The lowest BCUT2D eigenvalue weighted by Crippen LogP contribution is -2.00. The molecule has 1 aromatic heterocycles. The fourth-order valence-corrected chi connectivity index (χ4v) is 9.36. The van der Waals surface area contributed by atoms with Crippen molar-refractivity contribution in [3.05, 3.63) is 212 Å². The third-order valence-electron chi connectivity index (χ3n) is 12.1. The summed E-state index contributed by atoms with van der Waals surface area (Å²) < 4.78 is 0. The van der Waals surface area contributed by atoms with E-state index < -0.39 is 0 Å². The first kappa shape index (κ1) is 34.1. The molecule has 0 saturated heterocycles. The van der Waals surface area contributed by atoms with Crippen molar-refractivity contribution in [2.24, 2.45) is 0 Å². The molecule has 0 fully saturated rings. The number of fused-ring (bicyclic) bond motifs is 5. The predicted molar refractivity (Wildman–Crippen MR) is 249 cm³/mol. The molecule has 3 nitrogen and oxygen atoms in total. The quantitative estimate of drug-likeness (QED) is 0.169. The first-order valence-corrected chi connectivity index (χ1v) is 20.4. The third-order valence-corrected chi connectivity index (χ3v) is 12.1. The number of benzene rings is 10. The van der Waals surface area contributed by atoms with Crippen LogP contribution in [0, 0.1) is 0 Å². The smallest absolute Gasteiger partial charge is 0.164 e. The van der Waals surface area contributed by atoms with E-state index in [0.717, 1.165) is 27.8 Å². The van der Waals surface area contributed by atoms with Crippen LogP contribution in [-0.4, -0.2) is 15.0 Å². The standard InChI is InChI=1S/C57H35N3/c1-3-16-37(17-4-1)55-58-56(38-18-5-2-6-19-38)60-57(59-55)40-21-13-20-39(35-40)42-30-29-36-15-7-8-22-41(36)53(42)51-33-31-47(43-23-9-10-24-44(43)51)48-32-34-52-46-26-12-11-25-45(46)49-27-14-28-50(48)54(49)52/h1-35H. The van der Waals surface area contributed by atoms with Crippen molar-refractivity contribution in [2.45, 2.75) is 0 Å². The topological polar surface area (TPSA) is 38.7 Å². The van der Waals surface area contributed by atoms with Crippen LogP contribution >= 0.6 is 0 Å². The van der Waals surface area contributed by atoms with Gasteiger partial charge in [-0.25, -0.2) is 15.0 Å². The van der Waals surface area contributed by atoms with E-state index in [2.05, 4.69) is 152 Å². The van der Waals surface area contributed by atoms with Gasteiger partial charge in [0.2, 0.25) is 0 Å². The van der Waals surface area contributed by atoms with Crippen molar-refractivity contribution >= 4 is 32.3 Å². The lowest BCUT2D eigenvalue weighted by atomic mass is 9.84. The normalized spacial score (nSPS) is 11.7. The molecule has 1 heterocycles. The molecular weight excluding hydrogens is 727 g/mol. The highest BCUT2D eigenvalue weighted by Gasteiger charge is 2.24. The highest BCUT2D eigenvalue weighted by Crippen LogP contribution is 2.51. The van der Waals surface area contributed by atoms with Crippen molar-refractivity contribution < 1.29 is 0 Å². The molecule has 11 aromatic rings. The average Bonchev–Trinajstić information content (AvgIpc) is 3.66. The van der Waals surface area contributed by atoms with Crippen molar-refractivity contribution in [3.8, 4) is 89.8 Å². The van der Waals surface area contributed by atoms with Crippen molar-refractivity contribution in [3.63, 3.8) is 0 Å². The van der Waals surface area contributed by atoms with E-state index in [1.807, 2.05) is 60.7 Å². The van der Waals surface area contributed by atoms with Crippen LogP contribution < -0.4 is 0 Å². The Bertz CT molecular complexity index is 3390. The Labute approximate surface area is 348 Å². The molecule has 0 N–H and O–H groups in total. The Balaban J connectivity index is 1.04. The van der Waals surface area contributed by atoms with Crippen molar-refractivity contribution in [1.82, 2.24) is 15.0 Å². The summed E-state index contributed by atoms with van der Waals surface area (Å²) in [5.74, 6) is 1.93. The van der Waals surface area contributed by atoms with Gasteiger partial charge in [0.15, 0.2) is 17.5 Å². The zero-order valence-corrected chi connectivity index (χ0v) is 32.5. The zero-order valence-electron chi connectivity index (χ0n) is 32.5. The lowest BCUT2D eigenvalue weighted by molar-refractivity contribution is 1.07. The fourth-order valence-electron chi connectivity index (χ4n) is 9.36. The molecule has 0 saturated carbocycles. The van der Waals surface area contributed by atoms with E-state index in [0.29, 0.717) is 17.5 Å². The van der Waals surface area contributed by atoms with E-state index in [1.165, 1.54) is 76.8 Å². The number of aromatic nitrogens is 3. The maximum absolute atomic E-state index is 5.07. The minimum absolute atomic E-state index is 0.634. The van der Waals surface area contributed by atoms with Crippen LogP contribution in [0.3, 0.4) is 0 Å². The molecule has 0 atom stereocenters. The van der Waals surface area contributed by atoms with Gasteiger partial charge in [-0.3, -0.25) is 0 Å². The van der Waals surface area contributed by atoms with E-state index in [-0.39, 0.29) is 0 Å². The molecule has 278 valence electrons. The van der Waals surface area contributed by atoms with E-state index in [1.54, 1.807) is 0 Å². The number of rotatable bonds is 6. The van der Waals surface area contributed by atoms with Gasteiger partial charge in [-0.2, -0.15) is 0 Å². The molecule has 1 aliphatic rings. The van der Waals surface area contributed by atoms with Gasteiger partial charge >= 0.3 is 0 Å². The predicted octanol–water partition coefficient (Wildman–Crippen LogP) is 15.0. The van der Waals surface area contributed by atoms with Crippen LogP contribution in [0.1, 0.15) is 0 Å². The van der Waals surface area contributed by atoms with Crippen LogP contribution in [0.5, 0.6) is 0 Å². The molecule has 0 spiro atoms. The molecule has 60 heavy (non-hydrogen) atoms. The van der Waals surface area contributed by atoms with Crippen LogP contribution in [0.25, 0.3) is 122 Å². The largest absolute Gasteiger partial charge is 0.208 e. The Morgan fingerprint density at radius 2 is 0.667 bits per heavy atom. The summed E-state index contributed by atoms with van der Waals surface area (Å²) in [6.45, 7) is 0. The van der Waals surface area contributed by atoms with Crippen LogP contribution in [-0.2, 0) is 0 Å². The average molecular weight is 762 g/mol. The number of nitrogens with zero attached hydrogens (tertiary/aromatic N) is 3. The van der Waals surface area contributed by atoms with Crippen molar-refractivity contribution in [2.75, 3.05) is 0 Å². The zero-order chi connectivity index (χ0) is 39.6. The van der Waals surface area contributed by atoms with E-state index in [9.17, 15) is 0 Å². The summed E-state index contributed by atoms with van der Waals surface area (Å²) in [7, 11) is 0. The molecular formula is C57H35N3. The summed E-state index contributed by atoms with van der Waals surface area (Å²) in [5.41, 5.74) is 15.2. The second-order valence-electron chi connectivity index (χ2n) is 15.5. The molecule has 0 radical (unpaired) electrons. The summed E-state index contributed by atoms with van der Waals surface area (Å²) in [5, 5.41) is 7.47. The summed E-state index contributed by atoms with van der Waals surface area (Å²) >= 11 is 0. The first-order valence-electron chi connectivity index (χ1n) is 20.4. The Hall–Kier alpha value is -8.01. The molecule has 10 aromatic carbocycles. The first-order chi connectivity index (χ1) is 29.8. The Kier molecular flexibility index (Phi) is 7.85. The molecule has 1 aliphatic carbocycles. The summed E-state index contributed by atoms with van der Waals surface area (Å²) in [4.78, 5) is 15.1. The Morgan fingerprint density at radius 3 is 1.37 bits per heavy atom. The molecule has 0 aliphatic heterocycles.